The Labute approximate surface area is 127 Å². The molecular formula is C13H7BrClFN2S. The summed E-state index contributed by atoms with van der Waals surface area (Å²) in [4.78, 5) is 3.04. The van der Waals surface area contributed by atoms with Crippen LogP contribution in [0.25, 0.3) is 16.7 Å². The van der Waals surface area contributed by atoms with E-state index in [0.29, 0.717) is 9.79 Å². The number of nitrogens with one attached hydrogen (secondary N) is 1. The molecule has 0 bridgehead atoms. The van der Waals surface area contributed by atoms with E-state index in [2.05, 4.69) is 20.9 Å². The molecule has 0 fully saturated rings. The molecule has 1 aromatic heterocycles. The molecule has 0 spiro atoms. The van der Waals surface area contributed by atoms with Crippen molar-refractivity contribution in [1.29, 1.82) is 0 Å². The molecule has 0 radical (unpaired) electrons. The number of H-pyrrole nitrogens is 1. The molecule has 0 saturated carbocycles. The molecule has 0 saturated heterocycles. The van der Waals surface area contributed by atoms with Crippen LogP contribution in [-0.2, 0) is 0 Å². The Morgan fingerprint density at radius 1 is 1.26 bits per heavy atom. The molecule has 1 heterocycles. The molecule has 2 aromatic carbocycles. The summed E-state index contributed by atoms with van der Waals surface area (Å²) in [6.07, 6.45) is 0. The molecule has 0 aliphatic carbocycles. The van der Waals surface area contributed by atoms with Crippen molar-refractivity contribution >= 4 is 50.8 Å². The fraction of sp³-hybridized carbons (Fsp3) is 0. The SMILES string of the molecule is Fc1cccc(Cl)c1-n1c(=S)[nH]c2ccc(Br)cc21. The largest absolute Gasteiger partial charge is 0.330 e. The van der Waals surface area contributed by atoms with Crippen LogP contribution in [0, 0.1) is 10.6 Å². The lowest BCUT2D eigenvalue weighted by Crippen LogP contribution is -1.98. The van der Waals surface area contributed by atoms with Crippen molar-refractivity contribution in [2.75, 3.05) is 0 Å². The van der Waals surface area contributed by atoms with Crippen molar-refractivity contribution in [2.45, 2.75) is 0 Å². The highest BCUT2D eigenvalue weighted by Gasteiger charge is 2.14. The van der Waals surface area contributed by atoms with Gasteiger partial charge in [0.05, 0.1) is 16.1 Å². The number of hydrogen-bond donors (Lipinski definition) is 1. The first-order chi connectivity index (χ1) is 9.08. The zero-order valence-corrected chi connectivity index (χ0v) is 12.6. The van der Waals surface area contributed by atoms with E-state index in [4.69, 9.17) is 23.8 Å². The van der Waals surface area contributed by atoms with E-state index in [9.17, 15) is 4.39 Å². The van der Waals surface area contributed by atoms with Gasteiger partial charge in [-0.05, 0) is 42.5 Å². The van der Waals surface area contributed by atoms with Crippen molar-refractivity contribution in [2.24, 2.45) is 0 Å². The standard InChI is InChI=1S/C13H7BrClFN2S/c14-7-4-5-10-11(6-7)18(13(19)17-10)12-8(15)2-1-3-9(12)16/h1-6H,(H,17,19). The number of benzene rings is 2. The Bertz CT molecular complexity index is 820. The number of imidazole rings is 1. The van der Waals surface area contributed by atoms with Gasteiger partial charge in [-0.15, -0.1) is 0 Å². The summed E-state index contributed by atoms with van der Waals surface area (Å²) in [6, 6.07) is 10.2. The third kappa shape index (κ3) is 2.12. The second kappa shape index (κ2) is 4.74. The zero-order valence-electron chi connectivity index (χ0n) is 9.45. The molecule has 6 heteroatoms. The Balaban J connectivity index is 2.46. The molecule has 1 N–H and O–H groups in total. The lowest BCUT2D eigenvalue weighted by molar-refractivity contribution is 0.619. The number of fused-ring (bicyclic) bond motifs is 1. The second-order valence-electron chi connectivity index (χ2n) is 4.00. The molecule has 3 rings (SSSR count). The molecule has 3 aromatic rings. The first kappa shape index (κ1) is 12.8. The summed E-state index contributed by atoms with van der Waals surface area (Å²) in [6.45, 7) is 0. The van der Waals surface area contributed by atoms with Gasteiger partial charge in [0.25, 0.3) is 0 Å². The summed E-state index contributed by atoms with van der Waals surface area (Å²) in [5.74, 6) is -0.413. The van der Waals surface area contributed by atoms with Gasteiger partial charge in [-0.2, -0.15) is 0 Å². The van der Waals surface area contributed by atoms with Crippen LogP contribution in [0.15, 0.2) is 40.9 Å². The lowest BCUT2D eigenvalue weighted by Gasteiger charge is -2.08. The van der Waals surface area contributed by atoms with Crippen molar-refractivity contribution in [1.82, 2.24) is 9.55 Å². The van der Waals surface area contributed by atoms with E-state index in [1.54, 1.807) is 16.7 Å². The van der Waals surface area contributed by atoms with Gasteiger partial charge in [-0.1, -0.05) is 33.6 Å². The molecule has 2 nitrogen and oxygen atoms in total. The molecule has 19 heavy (non-hydrogen) atoms. The quantitative estimate of drug-likeness (QED) is 0.590. The molecule has 0 aliphatic rings. The van der Waals surface area contributed by atoms with Crippen LogP contribution in [0.2, 0.25) is 5.02 Å². The lowest BCUT2D eigenvalue weighted by atomic mass is 10.2. The van der Waals surface area contributed by atoms with Crippen molar-refractivity contribution in [3.05, 3.63) is 56.5 Å². The van der Waals surface area contributed by atoms with Gasteiger partial charge >= 0.3 is 0 Å². The first-order valence-corrected chi connectivity index (χ1v) is 7.00. The van der Waals surface area contributed by atoms with E-state index >= 15 is 0 Å². The molecule has 0 aliphatic heterocycles. The van der Waals surface area contributed by atoms with Crippen LogP contribution in [-0.4, -0.2) is 9.55 Å². The highest BCUT2D eigenvalue weighted by atomic mass is 79.9. The Hall–Kier alpha value is -1.17. The monoisotopic (exact) mass is 356 g/mol. The molecule has 0 unspecified atom stereocenters. The van der Waals surface area contributed by atoms with Gasteiger partial charge < -0.3 is 4.98 Å². The summed E-state index contributed by atoms with van der Waals surface area (Å²) >= 11 is 14.8. The molecule has 0 atom stereocenters. The highest BCUT2D eigenvalue weighted by molar-refractivity contribution is 9.10. The van der Waals surface area contributed by atoms with Gasteiger partial charge in [0, 0.05) is 4.47 Å². The van der Waals surface area contributed by atoms with E-state index in [1.807, 2.05) is 18.2 Å². The number of hydrogen-bond acceptors (Lipinski definition) is 1. The maximum atomic E-state index is 14.0. The Morgan fingerprint density at radius 3 is 2.79 bits per heavy atom. The average molecular weight is 358 g/mol. The highest BCUT2D eigenvalue weighted by Crippen LogP contribution is 2.29. The van der Waals surface area contributed by atoms with E-state index < -0.39 is 5.82 Å². The number of nitrogens with zero attached hydrogens (tertiary/aromatic N) is 1. The molecule has 96 valence electrons. The summed E-state index contributed by atoms with van der Waals surface area (Å²) < 4.78 is 16.9. The smallest absolute Gasteiger partial charge is 0.182 e. The van der Waals surface area contributed by atoms with E-state index in [1.165, 1.54) is 6.07 Å². The fourth-order valence-corrected chi connectivity index (χ4v) is 2.90. The molecule has 0 amide bonds. The third-order valence-electron chi connectivity index (χ3n) is 2.81. The number of para-hydroxylation sites is 1. The van der Waals surface area contributed by atoms with Crippen molar-refractivity contribution < 1.29 is 4.39 Å². The van der Waals surface area contributed by atoms with Gasteiger partial charge in [0.1, 0.15) is 11.5 Å². The van der Waals surface area contributed by atoms with Crippen molar-refractivity contribution in [3.8, 4) is 5.69 Å². The number of aromatic amines is 1. The summed E-state index contributed by atoms with van der Waals surface area (Å²) in [5, 5.41) is 0.317. The molecular weight excluding hydrogens is 351 g/mol. The first-order valence-electron chi connectivity index (χ1n) is 5.42. The summed E-state index contributed by atoms with van der Waals surface area (Å²) in [7, 11) is 0. The van der Waals surface area contributed by atoms with Crippen LogP contribution < -0.4 is 0 Å². The van der Waals surface area contributed by atoms with Gasteiger partial charge in [0.2, 0.25) is 0 Å². The van der Waals surface area contributed by atoms with Gasteiger partial charge in [-0.3, -0.25) is 4.57 Å². The van der Waals surface area contributed by atoms with Crippen LogP contribution in [0.1, 0.15) is 0 Å². The second-order valence-corrected chi connectivity index (χ2v) is 5.71. The maximum Gasteiger partial charge on any atom is 0.182 e. The number of aromatic nitrogens is 2. The van der Waals surface area contributed by atoms with Gasteiger partial charge in [0.15, 0.2) is 4.77 Å². The topological polar surface area (TPSA) is 20.7 Å². The Kier molecular flexibility index (Phi) is 3.20. The van der Waals surface area contributed by atoms with Crippen LogP contribution in [0.3, 0.4) is 0 Å². The minimum absolute atomic E-state index is 0.263. The normalized spacial score (nSPS) is 11.1. The van der Waals surface area contributed by atoms with E-state index in [0.717, 1.165) is 15.5 Å². The predicted molar refractivity (Wildman–Crippen MR) is 81.1 cm³/mol. The number of halogens is 3. The fourth-order valence-electron chi connectivity index (χ4n) is 2.00. The average Bonchev–Trinajstić information content (AvgIpc) is 2.66. The van der Waals surface area contributed by atoms with Gasteiger partial charge in [-0.25, -0.2) is 4.39 Å². The minimum Gasteiger partial charge on any atom is -0.330 e. The van der Waals surface area contributed by atoms with Crippen molar-refractivity contribution in [3.63, 3.8) is 0 Å². The maximum absolute atomic E-state index is 14.0. The van der Waals surface area contributed by atoms with Crippen LogP contribution in [0.4, 0.5) is 4.39 Å². The van der Waals surface area contributed by atoms with Crippen LogP contribution >= 0.6 is 39.7 Å². The van der Waals surface area contributed by atoms with E-state index in [-0.39, 0.29) is 5.69 Å². The summed E-state index contributed by atoms with van der Waals surface area (Å²) in [5.41, 5.74) is 1.86. The Morgan fingerprint density at radius 2 is 2.05 bits per heavy atom. The van der Waals surface area contributed by atoms with Crippen LogP contribution in [0.5, 0.6) is 0 Å². The number of rotatable bonds is 1. The predicted octanol–water partition coefficient (Wildman–Crippen LogP) is 5.24. The zero-order chi connectivity index (χ0) is 13.6. The minimum atomic E-state index is -0.413. The third-order valence-corrected chi connectivity index (χ3v) is 3.89.